The van der Waals surface area contributed by atoms with Gasteiger partial charge in [-0.3, -0.25) is 0 Å². The largest absolute Gasteiger partial charge is 0.497 e. The van der Waals surface area contributed by atoms with Gasteiger partial charge in [0, 0.05) is 5.56 Å². The molecular weight excluding hydrogens is 216 g/mol. The molecule has 1 aromatic heterocycles. The predicted molar refractivity (Wildman–Crippen MR) is 67.2 cm³/mol. The lowest BCUT2D eigenvalue weighted by Gasteiger charge is -2.07. The van der Waals surface area contributed by atoms with E-state index in [0.717, 1.165) is 17.0 Å². The molecule has 2 N–H and O–H groups in total. The van der Waals surface area contributed by atoms with E-state index in [1.807, 2.05) is 30.3 Å². The molecule has 4 heteroatoms. The lowest BCUT2D eigenvalue weighted by molar-refractivity contribution is 0.415. The van der Waals surface area contributed by atoms with Crippen molar-refractivity contribution in [3.63, 3.8) is 0 Å². The maximum Gasteiger partial charge on any atom is 0.166 e. The van der Waals surface area contributed by atoms with E-state index in [4.69, 9.17) is 15.2 Å². The highest BCUT2D eigenvalue weighted by molar-refractivity contribution is 5.64. The van der Waals surface area contributed by atoms with Crippen molar-refractivity contribution in [2.45, 2.75) is 0 Å². The third-order valence-electron chi connectivity index (χ3n) is 2.47. The minimum absolute atomic E-state index is 0.382. The van der Waals surface area contributed by atoms with Gasteiger partial charge in [-0.1, -0.05) is 12.1 Å². The summed E-state index contributed by atoms with van der Waals surface area (Å²) in [7, 11) is 3.20. The second-order valence-corrected chi connectivity index (χ2v) is 3.52. The van der Waals surface area contributed by atoms with Gasteiger partial charge in [0.15, 0.2) is 11.6 Å². The van der Waals surface area contributed by atoms with Crippen LogP contribution < -0.4 is 15.2 Å². The molecule has 0 bridgehead atoms. The van der Waals surface area contributed by atoms with Crippen molar-refractivity contribution in [2.75, 3.05) is 20.0 Å². The molecule has 0 aliphatic carbocycles. The summed E-state index contributed by atoms with van der Waals surface area (Å²) in [6.45, 7) is 0. The monoisotopic (exact) mass is 230 g/mol. The first kappa shape index (κ1) is 11.3. The van der Waals surface area contributed by atoms with E-state index >= 15 is 0 Å². The number of anilines is 1. The van der Waals surface area contributed by atoms with Crippen LogP contribution in [0.3, 0.4) is 0 Å². The maximum atomic E-state index is 5.77. The van der Waals surface area contributed by atoms with E-state index < -0.39 is 0 Å². The molecule has 0 fully saturated rings. The van der Waals surface area contributed by atoms with E-state index in [2.05, 4.69) is 4.98 Å². The Balaban J connectivity index is 2.42. The number of nitrogen functional groups attached to an aromatic ring is 1. The summed E-state index contributed by atoms with van der Waals surface area (Å²) in [5.74, 6) is 1.75. The number of ether oxygens (including phenoxy) is 2. The van der Waals surface area contributed by atoms with Gasteiger partial charge in [0.05, 0.1) is 19.9 Å². The summed E-state index contributed by atoms with van der Waals surface area (Å²) >= 11 is 0. The molecule has 0 unspecified atom stereocenters. The SMILES string of the molecule is COc1cccc(-c2ccc(OC)c(N)n2)c1. The molecule has 0 spiro atoms. The fraction of sp³-hybridized carbons (Fsp3) is 0.154. The summed E-state index contributed by atoms with van der Waals surface area (Å²) in [5.41, 5.74) is 7.52. The first-order chi connectivity index (χ1) is 8.24. The van der Waals surface area contributed by atoms with Crippen molar-refractivity contribution in [1.29, 1.82) is 0 Å². The molecule has 0 radical (unpaired) electrons. The molecular formula is C13H14N2O2. The van der Waals surface area contributed by atoms with Crippen LogP contribution in [-0.2, 0) is 0 Å². The normalized spacial score (nSPS) is 10.0. The molecule has 0 aliphatic rings. The number of benzene rings is 1. The molecule has 0 amide bonds. The Morgan fingerprint density at radius 2 is 1.88 bits per heavy atom. The Morgan fingerprint density at radius 3 is 2.53 bits per heavy atom. The lowest BCUT2D eigenvalue weighted by Crippen LogP contribution is -1.97. The van der Waals surface area contributed by atoms with Crippen LogP contribution in [0.4, 0.5) is 5.82 Å². The van der Waals surface area contributed by atoms with Crippen LogP contribution in [0.2, 0.25) is 0 Å². The van der Waals surface area contributed by atoms with E-state index in [0.29, 0.717) is 11.6 Å². The average molecular weight is 230 g/mol. The molecule has 0 aliphatic heterocycles. The van der Waals surface area contributed by atoms with Crippen LogP contribution in [0, 0.1) is 0 Å². The quantitative estimate of drug-likeness (QED) is 0.879. The maximum absolute atomic E-state index is 5.77. The van der Waals surface area contributed by atoms with E-state index in [1.165, 1.54) is 0 Å². The van der Waals surface area contributed by atoms with Gasteiger partial charge in [0.25, 0.3) is 0 Å². The number of methoxy groups -OCH3 is 2. The van der Waals surface area contributed by atoms with Gasteiger partial charge in [0.1, 0.15) is 5.75 Å². The van der Waals surface area contributed by atoms with Gasteiger partial charge in [-0.15, -0.1) is 0 Å². The van der Waals surface area contributed by atoms with Crippen molar-refractivity contribution >= 4 is 5.82 Å². The van der Waals surface area contributed by atoms with Gasteiger partial charge >= 0.3 is 0 Å². The molecule has 2 aromatic rings. The molecule has 88 valence electrons. The number of rotatable bonds is 3. The third kappa shape index (κ3) is 2.30. The third-order valence-corrected chi connectivity index (χ3v) is 2.47. The van der Waals surface area contributed by atoms with Gasteiger partial charge in [-0.05, 0) is 24.3 Å². The molecule has 1 aromatic carbocycles. The van der Waals surface area contributed by atoms with Crippen LogP contribution in [0.25, 0.3) is 11.3 Å². The Morgan fingerprint density at radius 1 is 1.06 bits per heavy atom. The van der Waals surface area contributed by atoms with E-state index in [9.17, 15) is 0 Å². The molecule has 2 rings (SSSR count). The second kappa shape index (κ2) is 4.74. The summed E-state index contributed by atoms with van der Waals surface area (Å²) in [5, 5.41) is 0. The summed E-state index contributed by atoms with van der Waals surface area (Å²) < 4.78 is 10.2. The van der Waals surface area contributed by atoms with Crippen molar-refractivity contribution < 1.29 is 9.47 Å². The van der Waals surface area contributed by atoms with Crippen LogP contribution >= 0.6 is 0 Å². The van der Waals surface area contributed by atoms with Crippen LogP contribution in [0.5, 0.6) is 11.5 Å². The summed E-state index contributed by atoms with van der Waals surface area (Å²) in [4.78, 5) is 4.29. The van der Waals surface area contributed by atoms with Crippen molar-refractivity contribution in [1.82, 2.24) is 4.98 Å². The number of hydrogen-bond donors (Lipinski definition) is 1. The van der Waals surface area contributed by atoms with Crippen LogP contribution in [-0.4, -0.2) is 19.2 Å². The minimum atomic E-state index is 0.382. The van der Waals surface area contributed by atoms with Gasteiger partial charge in [-0.2, -0.15) is 0 Å². The molecule has 0 saturated carbocycles. The fourth-order valence-corrected chi connectivity index (χ4v) is 1.58. The molecule has 0 saturated heterocycles. The number of pyridine rings is 1. The van der Waals surface area contributed by atoms with Crippen LogP contribution in [0.15, 0.2) is 36.4 Å². The number of aromatic nitrogens is 1. The molecule has 1 heterocycles. The zero-order valence-corrected chi connectivity index (χ0v) is 9.81. The summed E-state index contributed by atoms with van der Waals surface area (Å²) in [6, 6.07) is 11.3. The number of hydrogen-bond acceptors (Lipinski definition) is 4. The average Bonchev–Trinajstić information content (AvgIpc) is 2.38. The topological polar surface area (TPSA) is 57.4 Å². The number of nitrogens with zero attached hydrogens (tertiary/aromatic N) is 1. The molecule has 17 heavy (non-hydrogen) atoms. The first-order valence-corrected chi connectivity index (χ1v) is 5.19. The highest BCUT2D eigenvalue weighted by atomic mass is 16.5. The fourth-order valence-electron chi connectivity index (χ4n) is 1.58. The molecule has 4 nitrogen and oxygen atoms in total. The van der Waals surface area contributed by atoms with Crippen molar-refractivity contribution in [2.24, 2.45) is 0 Å². The van der Waals surface area contributed by atoms with E-state index in [-0.39, 0.29) is 0 Å². The zero-order chi connectivity index (χ0) is 12.3. The van der Waals surface area contributed by atoms with Crippen LogP contribution in [0.1, 0.15) is 0 Å². The highest BCUT2D eigenvalue weighted by Crippen LogP contribution is 2.26. The Hall–Kier alpha value is -2.23. The minimum Gasteiger partial charge on any atom is -0.497 e. The predicted octanol–water partition coefficient (Wildman–Crippen LogP) is 2.35. The van der Waals surface area contributed by atoms with E-state index in [1.54, 1.807) is 20.3 Å². The van der Waals surface area contributed by atoms with Gasteiger partial charge in [-0.25, -0.2) is 4.98 Å². The lowest BCUT2D eigenvalue weighted by atomic mass is 10.1. The standard InChI is InChI=1S/C13H14N2O2/c1-16-10-5-3-4-9(8-10)11-6-7-12(17-2)13(14)15-11/h3-8H,1-2H3,(H2,14,15). The smallest absolute Gasteiger partial charge is 0.166 e. The Bertz CT molecular complexity index is 527. The molecule has 0 atom stereocenters. The van der Waals surface area contributed by atoms with Gasteiger partial charge in [0.2, 0.25) is 0 Å². The number of nitrogens with two attached hydrogens (primary N) is 1. The Kier molecular flexibility index (Phi) is 3.14. The first-order valence-electron chi connectivity index (χ1n) is 5.19. The van der Waals surface area contributed by atoms with Crippen molar-refractivity contribution in [3.8, 4) is 22.8 Å². The highest BCUT2D eigenvalue weighted by Gasteiger charge is 2.05. The zero-order valence-electron chi connectivity index (χ0n) is 9.81. The second-order valence-electron chi connectivity index (χ2n) is 3.52. The van der Waals surface area contributed by atoms with Gasteiger partial charge < -0.3 is 15.2 Å². The van der Waals surface area contributed by atoms with Crippen molar-refractivity contribution in [3.05, 3.63) is 36.4 Å². The summed E-state index contributed by atoms with van der Waals surface area (Å²) in [6.07, 6.45) is 0. The Labute approximate surface area is 100 Å².